The zero-order valence-electron chi connectivity index (χ0n) is 14.7. The number of carbonyl (C=O) groups excluding carboxylic acids is 1. The van der Waals surface area contributed by atoms with Gasteiger partial charge in [0.15, 0.2) is 0 Å². The predicted octanol–water partition coefficient (Wildman–Crippen LogP) is 2.39. The molecule has 5 nitrogen and oxygen atoms in total. The van der Waals surface area contributed by atoms with Crippen molar-refractivity contribution in [1.82, 2.24) is 9.80 Å². The lowest BCUT2D eigenvalue weighted by Crippen LogP contribution is -2.47. The van der Waals surface area contributed by atoms with Crippen LogP contribution in [0.2, 0.25) is 0 Å². The van der Waals surface area contributed by atoms with E-state index in [1.807, 2.05) is 25.7 Å². The highest BCUT2D eigenvalue weighted by atomic mass is 16.5. The van der Waals surface area contributed by atoms with Gasteiger partial charge in [0, 0.05) is 37.8 Å². The Labute approximate surface area is 138 Å². The maximum Gasteiger partial charge on any atom is 0.257 e. The largest absolute Gasteiger partial charge is 0.466 e. The van der Waals surface area contributed by atoms with E-state index in [1.54, 1.807) is 0 Å². The van der Waals surface area contributed by atoms with Crippen LogP contribution in [0, 0.1) is 26.7 Å². The summed E-state index contributed by atoms with van der Waals surface area (Å²) in [6, 6.07) is 0.460. The molecule has 0 bridgehead atoms. The number of morpholine rings is 1. The van der Waals surface area contributed by atoms with Gasteiger partial charge < -0.3 is 14.1 Å². The molecule has 2 atom stereocenters. The summed E-state index contributed by atoms with van der Waals surface area (Å²) >= 11 is 0. The molecule has 2 fully saturated rings. The third kappa shape index (κ3) is 3.04. The average Bonchev–Trinajstić information content (AvgIpc) is 3.09. The topological polar surface area (TPSA) is 45.9 Å². The molecule has 3 heterocycles. The van der Waals surface area contributed by atoms with Gasteiger partial charge in [-0.25, -0.2) is 0 Å². The van der Waals surface area contributed by atoms with Gasteiger partial charge in [0.05, 0.1) is 18.8 Å². The molecule has 2 saturated heterocycles. The van der Waals surface area contributed by atoms with Gasteiger partial charge in [-0.1, -0.05) is 13.3 Å². The van der Waals surface area contributed by atoms with Gasteiger partial charge in [0.2, 0.25) is 0 Å². The second-order valence-electron chi connectivity index (χ2n) is 6.81. The fourth-order valence-corrected chi connectivity index (χ4v) is 4.01. The Kier molecular flexibility index (Phi) is 4.78. The summed E-state index contributed by atoms with van der Waals surface area (Å²) in [4.78, 5) is 17.5. The second kappa shape index (κ2) is 6.65. The maximum absolute atomic E-state index is 13.0. The summed E-state index contributed by atoms with van der Waals surface area (Å²) in [7, 11) is 0. The van der Waals surface area contributed by atoms with E-state index in [0.717, 1.165) is 68.5 Å². The molecule has 1 aromatic heterocycles. The number of ether oxygens (including phenoxy) is 1. The van der Waals surface area contributed by atoms with Crippen LogP contribution in [0.1, 0.15) is 40.8 Å². The van der Waals surface area contributed by atoms with E-state index in [2.05, 4.69) is 11.8 Å². The number of aryl methyl sites for hydroxylation is 2. The summed E-state index contributed by atoms with van der Waals surface area (Å²) in [5.41, 5.74) is 1.75. The van der Waals surface area contributed by atoms with Gasteiger partial charge in [0.25, 0.3) is 5.91 Å². The minimum atomic E-state index is 0.131. The normalized spacial score (nSPS) is 26.0. The number of amides is 1. The highest BCUT2D eigenvalue weighted by Gasteiger charge is 2.39. The molecule has 0 unspecified atom stereocenters. The van der Waals surface area contributed by atoms with Crippen LogP contribution in [0.15, 0.2) is 4.42 Å². The Bertz CT molecular complexity index is 575. The van der Waals surface area contributed by atoms with Crippen molar-refractivity contribution >= 4 is 5.91 Å². The highest BCUT2D eigenvalue weighted by Crippen LogP contribution is 2.29. The van der Waals surface area contributed by atoms with Crippen LogP contribution in [0.25, 0.3) is 0 Å². The van der Waals surface area contributed by atoms with Crippen LogP contribution in [-0.2, 0) is 4.74 Å². The van der Waals surface area contributed by atoms with Crippen molar-refractivity contribution < 1.29 is 13.9 Å². The lowest BCUT2D eigenvalue weighted by Gasteiger charge is -2.34. The lowest BCUT2D eigenvalue weighted by atomic mass is 9.99. The smallest absolute Gasteiger partial charge is 0.257 e. The number of likely N-dealkylation sites (tertiary alicyclic amines) is 1. The third-order valence-electron chi connectivity index (χ3n) is 5.51. The molecular weight excluding hydrogens is 292 g/mol. The number of rotatable bonds is 3. The summed E-state index contributed by atoms with van der Waals surface area (Å²) in [5, 5.41) is 0. The van der Waals surface area contributed by atoms with Crippen molar-refractivity contribution in [1.29, 1.82) is 0 Å². The third-order valence-corrected chi connectivity index (χ3v) is 5.51. The van der Waals surface area contributed by atoms with Crippen LogP contribution in [0.3, 0.4) is 0 Å². The quantitative estimate of drug-likeness (QED) is 0.858. The van der Waals surface area contributed by atoms with Gasteiger partial charge in [-0.2, -0.15) is 0 Å². The number of nitrogens with zero attached hydrogens (tertiary/aromatic N) is 2. The van der Waals surface area contributed by atoms with Gasteiger partial charge >= 0.3 is 0 Å². The summed E-state index contributed by atoms with van der Waals surface area (Å²) in [5.74, 6) is 2.27. The minimum Gasteiger partial charge on any atom is -0.466 e. The first kappa shape index (κ1) is 16.5. The highest BCUT2D eigenvalue weighted by molar-refractivity contribution is 5.97. The molecule has 1 amide bonds. The van der Waals surface area contributed by atoms with Crippen molar-refractivity contribution in [2.75, 3.05) is 39.4 Å². The second-order valence-corrected chi connectivity index (χ2v) is 6.81. The van der Waals surface area contributed by atoms with Crippen LogP contribution in [0.4, 0.5) is 0 Å². The van der Waals surface area contributed by atoms with Gasteiger partial charge in [-0.05, 0) is 26.7 Å². The molecule has 23 heavy (non-hydrogen) atoms. The van der Waals surface area contributed by atoms with Crippen molar-refractivity contribution in [3.8, 4) is 0 Å². The summed E-state index contributed by atoms with van der Waals surface area (Å²) < 4.78 is 11.1. The number of hydrogen-bond donors (Lipinski definition) is 0. The fraction of sp³-hybridized carbons (Fsp3) is 0.722. The van der Waals surface area contributed by atoms with Gasteiger partial charge in [0.1, 0.15) is 11.5 Å². The first-order valence-corrected chi connectivity index (χ1v) is 8.70. The Morgan fingerprint density at radius 2 is 1.83 bits per heavy atom. The SMILES string of the molecule is CC[C@@H]1CN(C(=O)c2c(C)oc(C)c2C)C[C@H]1N1CCOCC1. The molecule has 0 N–H and O–H groups in total. The fourth-order valence-electron chi connectivity index (χ4n) is 4.01. The zero-order chi connectivity index (χ0) is 16.6. The molecule has 5 heteroatoms. The van der Waals surface area contributed by atoms with Crippen molar-refractivity contribution in [3.05, 3.63) is 22.6 Å². The molecule has 2 aliphatic heterocycles. The molecule has 0 radical (unpaired) electrons. The van der Waals surface area contributed by atoms with E-state index in [1.165, 1.54) is 0 Å². The van der Waals surface area contributed by atoms with Crippen molar-refractivity contribution in [3.63, 3.8) is 0 Å². The Morgan fingerprint density at radius 3 is 2.39 bits per heavy atom. The number of hydrogen-bond acceptors (Lipinski definition) is 4. The van der Waals surface area contributed by atoms with E-state index < -0.39 is 0 Å². The molecule has 2 aliphatic rings. The van der Waals surface area contributed by atoms with E-state index in [-0.39, 0.29) is 5.91 Å². The molecular formula is C18H28N2O3. The van der Waals surface area contributed by atoms with Crippen LogP contribution in [0.5, 0.6) is 0 Å². The molecule has 1 aromatic rings. The molecule has 0 saturated carbocycles. The first-order valence-electron chi connectivity index (χ1n) is 8.70. The Hall–Kier alpha value is -1.33. The summed E-state index contributed by atoms with van der Waals surface area (Å²) in [6.07, 6.45) is 1.11. The van der Waals surface area contributed by atoms with Gasteiger partial charge in [-0.15, -0.1) is 0 Å². The van der Waals surface area contributed by atoms with E-state index in [9.17, 15) is 4.79 Å². The Balaban J connectivity index is 1.77. The van der Waals surface area contributed by atoms with E-state index >= 15 is 0 Å². The van der Waals surface area contributed by atoms with E-state index in [0.29, 0.717) is 12.0 Å². The monoisotopic (exact) mass is 320 g/mol. The molecule has 0 aliphatic carbocycles. The number of furan rings is 1. The van der Waals surface area contributed by atoms with Crippen molar-refractivity contribution in [2.24, 2.45) is 5.92 Å². The minimum absolute atomic E-state index is 0.131. The van der Waals surface area contributed by atoms with Crippen LogP contribution < -0.4 is 0 Å². The average molecular weight is 320 g/mol. The predicted molar refractivity (Wildman–Crippen MR) is 88.8 cm³/mol. The first-order chi connectivity index (χ1) is 11.0. The molecule has 128 valence electrons. The molecule has 0 spiro atoms. The van der Waals surface area contributed by atoms with Crippen molar-refractivity contribution in [2.45, 2.75) is 40.2 Å². The maximum atomic E-state index is 13.0. The van der Waals surface area contributed by atoms with E-state index in [4.69, 9.17) is 9.15 Å². The van der Waals surface area contributed by atoms with Crippen LogP contribution >= 0.6 is 0 Å². The summed E-state index contributed by atoms with van der Waals surface area (Å²) in [6.45, 7) is 13.3. The van der Waals surface area contributed by atoms with Crippen LogP contribution in [-0.4, -0.2) is 61.1 Å². The molecule has 3 rings (SSSR count). The number of carbonyl (C=O) groups is 1. The van der Waals surface area contributed by atoms with Gasteiger partial charge in [-0.3, -0.25) is 9.69 Å². The lowest BCUT2D eigenvalue weighted by molar-refractivity contribution is 0.0103. The Morgan fingerprint density at radius 1 is 1.13 bits per heavy atom. The molecule has 0 aromatic carbocycles. The zero-order valence-corrected chi connectivity index (χ0v) is 14.7. The standard InChI is InChI=1S/C18H28N2O3/c1-5-15-10-20(11-16(15)19-6-8-22-9-7-19)18(21)17-12(2)13(3)23-14(17)4/h15-16H,5-11H2,1-4H3/t15-,16-/m1/s1.